The first-order chi connectivity index (χ1) is 5.74. The molecule has 70 valence electrons. The molecule has 0 radical (unpaired) electrons. The van der Waals surface area contributed by atoms with Crippen LogP contribution in [0.1, 0.15) is 13.3 Å². The molecule has 1 rings (SSSR count). The Kier molecular flexibility index (Phi) is 3.34. The third kappa shape index (κ3) is 2.37. The Balaban J connectivity index is 2.34. The van der Waals surface area contributed by atoms with Gasteiger partial charge in [-0.15, -0.1) is 0 Å². The van der Waals surface area contributed by atoms with Crippen LogP contribution >= 0.6 is 0 Å². The van der Waals surface area contributed by atoms with Crippen LogP contribution in [0.25, 0.3) is 0 Å². The van der Waals surface area contributed by atoms with E-state index in [4.69, 9.17) is 4.74 Å². The van der Waals surface area contributed by atoms with E-state index < -0.39 is 0 Å². The first-order valence-corrected chi connectivity index (χ1v) is 4.33. The summed E-state index contributed by atoms with van der Waals surface area (Å²) in [5.74, 6) is 0. The number of nitrogens with one attached hydrogen (secondary N) is 1. The van der Waals surface area contributed by atoms with E-state index in [1.165, 1.54) is 0 Å². The minimum absolute atomic E-state index is 0.177. The maximum absolute atomic E-state index is 11.1. The van der Waals surface area contributed by atoms with Gasteiger partial charge in [0.25, 0.3) is 0 Å². The van der Waals surface area contributed by atoms with Gasteiger partial charge in [0.1, 0.15) is 0 Å². The van der Waals surface area contributed by atoms with E-state index in [2.05, 4.69) is 5.32 Å². The molecule has 1 saturated heterocycles. The van der Waals surface area contributed by atoms with Crippen molar-refractivity contribution in [3.63, 3.8) is 0 Å². The quantitative estimate of drug-likeness (QED) is 0.671. The second kappa shape index (κ2) is 4.30. The van der Waals surface area contributed by atoms with Gasteiger partial charge in [-0.1, -0.05) is 0 Å². The van der Waals surface area contributed by atoms with Crippen LogP contribution in [-0.2, 0) is 4.74 Å². The molecule has 1 fully saturated rings. The molecule has 1 aliphatic rings. The van der Waals surface area contributed by atoms with Crippen molar-refractivity contribution in [3.05, 3.63) is 0 Å². The van der Waals surface area contributed by atoms with Crippen LogP contribution in [0.4, 0.5) is 4.79 Å². The maximum Gasteiger partial charge on any atom is 0.409 e. The van der Waals surface area contributed by atoms with E-state index in [9.17, 15) is 4.79 Å². The predicted octanol–water partition coefficient (Wildman–Crippen LogP) is 0.437. The van der Waals surface area contributed by atoms with Gasteiger partial charge in [-0.05, 0) is 20.4 Å². The Morgan fingerprint density at radius 3 is 3.08 bits per heavy atom. The van der Waals surface area contributed by atoms with Crippen molar-refractivity contribution >= 4 is 6.09 Å². The SMILES string of the molecule is CNC(C)CN1CCCOC1=O. The Bertz CT molecular complexity index is 161. The number of hydrogen-bond acceptors (Lipinski definition) is 3. The van der Waals surface area contributed by atoms with Gasteiger partial charge in [0.15, 0.2) is 0 Å². The average Bonchev–Trinajstić information content (AvgIpc) is 2.09. The zero-order chi connectivity index (χ0) is 8.97. The topological polar surface area (TPSA) is 41.6 Å². The maximum atomic E-state index is 11.1. The molecule has 0 aromatic carbocycles. The lowest BCUT2D eigenvalue weighted by atomic mass is 10.3. The van der Waals surface area contributed by atoms with Gasteiger partial charge in [-0.25, -0.2) is 4.79 Å². The zero-order valence-corrected chi connectivity index (χ0v) is 7.67. The minimum atomic E-state index is -0.177. The van der Waals surface area contributed by atoms with Gasteiger partial charge in [0, 0.05) is 19.1 Å². The summed E-state index contributed by atoms with van der Waals surface area (Å²) in [4.78, 5) is 12.9. The molecular formula is C8H16N2O2. The van der Waals surface area contributed by atoms with Gasteiger partial charge >= 0.3 is 6.09 Å². The van der Waals surface area contributed by atoms with Crippen molar-refractivity contribution in [2.45, 2.75) is 19.4 Å². The summed E-state index contributed by atoms with van der Waals surface area (Å²) < 4.78 is 4.90. The number of ether oxygens (including phenoxy) is 1. The van der Waals surface area contributed by atoms with Crippen LogP contribution in [-0.4, -0.2) is 43.8 Å². The van der Waals surface area contributed by atoms with Gasteiger partial charge in [-0.3, -0.25) is 0 Å². The molecule has 1 aliphatic heterocycles. The summed E-state index contributed by atoms with van der Waals surface area (Å²) >= 11 is 0. The molecule has 12 heavy (non-hydrogen) atoms. The van der Waals surface area contributed by atoms with Gasteiger partial charge in [0.2, 0.25) is 0 Å². The number of nitrogens with zero attached hydrogens (tertiary/aromatic N) is 1. The smallest absolute Gasteiger partial charge is 0.409 e. The highest BCUT2D eigenvalue weighted by Gasteiger charge is 2.20. The fourth-order valence-electron chi connectivity index (χ4n) is 1.19. The summed E-state index contributed by atoms with van der Waals surface area (Å²) in [5, 5.41) is 3.08. The number of carbonyl (C=O) groups excluding carboxylic acids is 1. The van der Waals surface area contributed by atoms with E-state index in [-0.39, 0.29) is 6.09 Å². The number of hydrogen-bond donors (Lipinski definition) is 1. The van der Waals surface area contributed by atoms with Gasteiger partial charge in [-0.2, -0.15) is 0 Å². The second-order valence-corrected chi connectivity index (χ2v) is 3.10. The first-order valence-electron chi connectivity index (χ1n) is 4.33. The molecule has 4 nitrogen and oxygen atoms in total. The molecule has 0 bridgehead atoms. The first kappa shape index (κ1) is 9.32. The standard InChI is InChI=1S/C8H16N2O2/c1-7(9-2)6-10-4-3-5-12-8(10)11/h7,9H,3-6H2,1-2H3. The van der Waals surface area contributed by atoms with Crippen molar-refractivity contribution < 1.29 is 9.53 Å². The number of carbonyl (C=O) groups is 1. The highest BCUT2D eigenvalue weighted by atomic mass is 16.6. The lowest BCUT2D eigenvalue weighted by molar-refractivity contribution is 0.0700. The molecule has 0 aromatic heterocycles. The summed E-state index contributed by atoms with van der Waals surface area (Å²) in [6.07, 6.45) is 0.769. The number of amides is 1. The molecule has 1 atom stereocenters. The third-order valence-electron chi connectivity index (χ3n) is 2.04. The van der Waals surface area contributed by atoms with E-state index in [0.717, 1.165) is 19.5 Å². The molecule has 4 heteroatoms. The van der Waals surface area contributed by atoms with Crippen molar-refractivity contribution in [3.8, 4) is 0 Å². The molecule has 0 aliphatic carbocycles. The average molecular weight is 172 g/mol. The Morgan fingerprint density at radius 2 is 2.50 bits per heavy atom. The lowest BCUT2D eigenvalue weighted by Gasteiger charge is -2.28. The number of cyclic esters (lactones) is 1. The zero-order valence-electron chi connectivity index (χ0n) is 7.67. The number of likely N-dealkylation sites (N-methyl/N-ethyl adjacent to an activating group) is 1. The predicted molar refractivity (Wildman–Crippen MR) is 46.1 cm³/mol. The van der Waals surface area contributed by atoms with E-state index in [1.807, 2.05) is 14.0 Å². The number of rotatable bonds is 3. The van der Waals surface area contributed by atoms with E-state index >= 15 is 0 Å². The highest BCUT2D eigenvalue weighted by Crippen LogP contribution is 2.04. The van der Waals surface area contributed by atoms with Crippen LogP contribution in [0.2, 0.25) is 0 Å². The summed E-state index contributed by atoms with van der Waals surface area (Å²) in [6.45, 7) is 4.17. The molecule has 1 heterocycles. The molecular weight excluding hydrogens is 156 g/mol. The van der Waals surface area contributed by atoms with Crippen LogP contribution in [0.15, 0.2) is 0 Å². The van der Waals surface area contributed by atoms with E-state index in [1.54, 1.807) is 4.90 Å². The molecule has 0 aromatic rings. The normalized spacial score (nSPS) is 20.5. The fourth-order valence-corrected chi connectivity index (χ4v) is 1.19. The molecule has 1 unspecified atom stereocenters. The van der Waals surface area contributed by atoms with Crippen molar-refractivity contribution in [1.82, 2.24) is 10.2 Å². The van der Waals surface area contributed by atoms with Crippen molar-refractivity contribution in [2.75, 3.05) is 26.7 Å². The Hall–Kier alpha value is -0.770. The fraction of sp³-hybridized carbons (Fsp3) is 0.875. The third-order valence-corrected chi connectivity index (χ3v) is 2.04. The molecule has 1 amide bonds. The van der Waals surface area contributed by atoms with E-state index in [0.29, 0.717) is 12.6 Å². The monoisotopic (exact) mass is 172 g/mol. The summed E-state index contributed by atoms with van der Waals surface area (Å²) in [5.41, 5.74) is 0. The second-order valence-electron chi connectivity index (χ2n) is 3.10. The summed E-state index contributed by atoms with van der Waals surface area (Å²) in [7, 11) is 1.89. The Labute approximate surface area is 72.9 Å². The van der Waals surface area contributed by atoms with Gasteiger partial charge < -0.3 is 15.0 Å². The molecule has 0 saturated carbocycles. The summed E-state index contributed by atoms with van der Waals surface area (Å²) in [6, 6.07) is 0.329. The largest absolute Gasteiger partial charge is 0.449 e. The molecule has 1 N–H and O–H groups in total. The lowest BCUT2D eigenvalue weighted by Crippen LogP contribution is -2.44. The molecule has 0 spiro atoms. The van der Waals surface area contributed by atoms with Crippen LogP contribution < -0.4 is 5.32 Å². The van der Waals surface area contributed by atoms with Crippen LogP contribution in [0.3, 0.4) is 0 Å². The highest BCUT2D eigenvalue weighted by molar-refractivity contribution is 5.68. The van der Waals surface area contributed by atoms with Crippen molar-refractivity contribution in [1.29, 1.82) is 0 Å². The van der Waals surface area contributed by atoms with Crippen LogP contribution in [0, 0.1) is 0 Å². The van der Waals surface area contributed by atoms with Crippen LogP contribution in [0.5, 0.6) is 0 Å². The Morgan fingerprint density at radius 1 is 1.75 bits per heavy atom. The van der Waals surface area contributed by atoms with Crippen molar-refractivity contribution in [2.24, 2.45) is 0 Å². The minimum Gasteiger partial charge on any atom is -0.449 e. The van der Waals surface area contributed by atoms with Gasteiger partial charge in [0.05, 0.1) is 6.61 Å².